The Kier molecular flexibility index (Phi) is 2.10. The average Bonchev–Trinajstić information content (AvgIpc) is 2.36. The molecule has 0 aliphatic heterocycles. The Bertz CT molecular complexity index is 882. The van der Waals surface area contributed by atoms with Gasteiger partial charge in [-0.3, -0.25) is 4.79 Å². The highest BCUT2D eigenvalue weighted by Gasteiger charge is 2.14. The second-order valence-electron chi connectivity index (χ2n) is 4.20. The van der Waals surface area contributed by atoms with Crippen LogP contribution in [0.1, 0.15) is 0 Å². The van der Waals surface area contributed by atoms with Crippen molar-refractivity contribution in [2.75, 3.05) is 0 Å². The van der Waals surface area contributed by atoms with E-state index in [1.165, 1.54) is 24.3 Å². The topological polar surface area (TPSA) is 114 Å². The molecule has 0 bridgehead atoms. The van der Waals surface area contributed by atoms with E-state index in [2.05, 4.69) is 4.98 Å². The summed E-state index contributed by atoms with van der Waals surface area (Å²) in [5, 5.41) is 38.8. The van der Waals surface area contributed by atoms with Gasteiger partial charge in [-0.15, -0.1) is 0 Å². The third-order valence-electron chi connectivity index (χ3n) is 3.04. The highest BCUT2D eigenvalue weighted by molar-refractivity contribution is 6.08. The standard InChI is InChI=1S/C13H9NO5/c15-8-2-1-5-6-3-9(16)10(17)4-7(6)14-13(19)11(5)12(8)18/h1-4,15-18H,(H,14,19). The summed E-state index contributed by atoms with van der Waals surface area (Å²) in [6.45, 7) is 0. The molecule has 1 aromatic heterocycles. The van der Waals surface area contributed by atoms with Gasteiger partial charge in [-0.05, 0) is 18.2 Å². The number of fused-ring (bicyclic) bond motifs is 3. The number of benzene rings is 2. The summed E-state index contributed by atoms with van der Waals surface area (Å²) in [7, 11) is 0. The van der Waals surface area contributed by atoms with Gasteiger partial charge in [0.05, 0.1) is 10.9 Å². The molecular formula is C13H9NO5. The molecule has 0 saturated carbocycles. The van der Waals surface area contributed by atoms with Gasteiger partial charge in [0.2, 0.25) is 0 Å². The zero-order chi connectivity index (χ0) is 13.7. The van der Waals surface area contributed by atoms with Crippen LogP contribution in [0, 0.1) is 0 Å². The van der Waals surface area contributed by atoms with Gasteiger partial charge >= 0.3 is 0 Å². The minimum absolute atomic E-state index is 0.0717. The molecule has 0 aliphatic rings. The van der Waals surface area contributed by atoms with Crippen molar-refractivity contribution in [2.45, 2.75) is 0 Å². The number of phenolic OH excluding ortho intramolecular Hbond substituents is 4. The molecule has 0 amide bonds. The number of aromatic amines is 1. The molecule has 1 heterocycles. The molecule has 19 heavy (non-hydrogen) atoms. The number of H-pyrrole nitrogens is 1. The first-order valence-corrected chi connectivity index (χ1v) is 5.41. The number of rotatable bonds is 0. The normalized spacial score (nSPS) is 11.2. The first-order valence-electron chi connectivity index (χ1n) is 5.41. The zero-order valence-electron chi connectivity index (χ0n) is 9.51. The van der Waals surface area contributed by atoms with Crippen molar-refractivity contribution < 1.29 is 20.4 Å². The van der Waals surface area contributed by atoms with Crippen LogP contribution in [-0.4, -0.2) is 25.4 Å². The van der Waals surface area contributed by atoms with E-state index >= 15 is 0 Å². The lowest BCUT2D eigenvalue weighted by atomic mass is 10.0. The fourth-order valence-electron chi connectivity index (χ4n) is 2.12. The van der Waals surface area contributed by atoms with Gasteiger partial charge in [0.25, 0.3) is 5.56 Å². The predicted octanol–water partition coefficient (Wildman–Crippen LogP) is 1.50. The predicted molar refractivity (Wildman–Crippen MR) is 68.7 cm³/mol. The van der Waals surface area contributed by atoms with Gasteiger partial charge in [0.1, 0.15) is 0 Å². The van der Waals surface area contributed by atoms with Gasteiger partial charge in [-0.1, -0.05) is 0 Å². The van der Waals surface area contributed by atoms with Crippen LogP contribution in [-0.2, 0) is 0 Å². The number of phenols is 4. The lowest BCUT2D eigenvalue weighted by Crippen LogP contribution is -2.06. The Labute approximate surface area is 105 Å². The van der Waals surface area contributed by atoms with Gasteiger partial charge in [-0.25, -0.2) is 0 Å². The van der Waals surface area contributed by atoms with Crippen molar-refractivity contribution in [3.63, 3.8) is 0 Å². The summed E-state index contributed by atoms with van der Waals surface area (Å²) in [5.41, 5.74) is -0.279. The lowest BCUT2D eigenvalue weighted by molar-refractivity contribution is 0.404. The molecule has 0 unspecified atom stereocenters. The largest absolute Gasteiger partial charge is 0.504 e. The summed E-state index contributed by atoms with van der Waals surface area (Å²) < 4.78 is 0. The van der Waals surface area contributed by atoms with Crippen molar-refractivity contribution in [3.8, 4) is 23.0 Å². The van der Waals surface area contributed by atoms with Crippen LogP contribution in [0.5, 0.6) is 23.0 Å². The average molecular weight is 259 g/mol. The molecule has 0 spiro atoms. The molecule has 3 rings (SSSR count). The van der Waals surface area contributed by atoms with Gasteiger partial charge in [0, 0.05) is 16.8 Å². The Balaban J connectivity index is 2.64. The van der Waals surface area contributed by atoms with Crippen molar-refractivity contribution in [1.82, 2.24) is 4.98 Å². The number of aromatic hydroxyl groups is 4. The van der Waals surface area contributed by atoms with Crippen LogP contribution in [0.3, 0.4) is 0 Å². The highest BCUT2D eigenvalue weighted by atomic mass is 16.3. The highest BCUT2D eigenvalue weighted by Crippen LogP contribution is 2.37. The Morgan fingerprint density at radius 3 is 2.26 bits per heavy atom. The quantitative estimate of drug-likeness (QED) is 0.310. The smallest absolute Gasteiger partial charge is 0.260 e. The van der Waals surface area contributed by atoms with E-state index in [9.17, 15) is 25.2 Å². The molecule has 2 aromatic carbocycles. The van der Waals surface area contributed by atoms with E-state index in [4.69, 9.17) is 0 Å². The number of aromatic nitrogens is 1. The van der Waals surface area contributed by atoms with Crippen LogP contribution in [0.25, 0.3) is 21.7 Å². The maximum Gasteiger partial charge on any atom is 0.260 e. The van der Waals surface area contributed by atoms with Gasteiger partial charge < -0.3 is 25.4 Å². The molecule has 0 saturated heterocycles. The monoisotopic (exact) mass is 259 g/mol. The van der Waals surface area contributed by atoms with Crippen molar-refractivity contribution in [3.05, 3.63) is 34.6 Å². The van der Waals surface area contributed by atoms with Crippen molar-refractivity contribution >= 4 is 21.7 Å². The van der Waals surface area contributed by atoms with Crippen molar-refractivity contribution in [2.24, 2.45) is 0 Å². The molecular weight excluding hydrogens is 250 g/mol. The van der Waals surface area contributed by atoms with Gasteiger partial charge in [-0.2, -0.15) is 0 Å². The fourth-order valence-corrected chi connectivity index (χ4v) is 2.12. The van der Waals surface area contributed by atoms with Gasteiger partial charge in [0.15, 0.2) is 23.0 Å². The van der Waals surface area contributed by atoms with E-state index in [-0.39, 0.29) is 16.9 Å². The Hall–Kier alpha value is -2.89. The maximum absolute atomic E-state index is 11.9. The third-order valence-corrected chi connectivity index (χ3v) is 3.04. The van der Waals surface area contributed by atoms with Crippen LogP contribution in [0.15, 0.2) is 29.1 Å². The molecule has 6 heteroatoms. The van der Waals surface area contributed by atoms with Crippen LogP contribution in [0.2, 0.25) is 0 Å². The molecule has 6 nitrogen and oxygen atoms in total. The Morgan fingerprint density at radius 2 is 1.53 bits per heavy atom. The first kappa shape index (κ1) is 11.2. The molecule has 96 valence electrons. The van der Waals surface area contributed by atoms with Crippen LogP contribution in [0.4, 0.5) is 0 Å². The van der Waals surface area contributed by atoms with E-state index in [0.29, 0.717) is 16.3 Å². The van der Waals surface area contributed by atoms with E-state index in [0.717, 1.165) is 0 Å². The van der Waals surface area contributed by atoms with E-state index in [1.807, 2.05) is 0 Å². The number of nitrogens with one attached hydrogen (secondary N) is 1. The summed E-state index contributed by atoms with van der Waals surface area (Å²) in [6.07, 6.45) is 0. The van der Waals surface area contributed by atoms with E-state index in [1.54, 1.807) is 0 Å². The molecule has 0 aliphatic carbocycles. The number of pyridine rings is 1. The minimum atomic E-state index is -0.596. The summed E-state index contributed by atoms with van der Waals surface area (Å²) >= 11 is 0. The second kappa shape index (κ2) is 3.55. The SMILES string of the molecule is O=c1[nH]c2cc(O)c(O)cc2c2ccc(O)c(O)c12. The maximum atomic E-state index is 11.9. The lowest BCUT2D eigenvalue weighted by Gasteiger charge is -2.07. The molecule has 0 fully saturated rings. The van der Waals surface area contributed by atoms with Crippen molar-refractivity contribution in [1.29, 1.82) is 0 Å². The summed E-state index contributed by atoms with van der Waals surface area (Å²) in [5.74, 6) is -1.62. The summed E-state index contributed by atoms with van der Waals surface area (Å²) in [6, 6.07) is 5.20. The minimum Gasteiger partial charge on any atom is -0.504 e. The number of hydrogen-bond donors (Lipinski definition) is 5. The van der Waals surface area contributed by atoms with Crippen LogP contribution < -0.4 is 5.56 Å². The first-order chi connectivity index (χ1) is 8.99. The Morgan fingerprint density at radius 1 is 0.842 bits per heavy atom. The molecule has 0 atom stereocenters. The second-order valence-corrected chi connectivity index (χ2v) is 4.20. The molecule has 0 radical (unpaired) electrons. The third kappa shape index (κ3) is 1.46. The van der Waals surface area contributed by atoms with Crippen LogP contribution >= 0.6 is 0 Å². The molecule has 5 N–H and O–H groups in total. The zero-order valence-corrected chi connectivity index (χ0v) is 9.51. The number of hydrogen-bond acceptors (Lipinski definition) is 5. The van der Waals surface area contributed by atoms with E-state index < -0.39 is 17.1 Å². The summed E-state index contributed by atoms with van der Waals surface area (Å²) in [4.78, 5) is 14.4. The fraction of sp³-hybridized carbons (Fsp3) is 0. The molecule has 3 aromatic rings.